The summed E-state index contributed by atoms with van der Waals surface area (Å²) in [6, 6.07) is 11.7. The van der Waals surface area contributed by atoms with Gasteiger partial charge in [-0.1, -0.05) is 12.1 Å². The molecule has 0 aliphatic carbocycles. The molecule has 2 aromatic carbocycles. The number of ether oxygens (including phenoxy) is 1. The lowest BCUT2D eigenvalue weighted by Gasteiger charge is -2.17. The highest BCUT2D eigenvalue weighted by atomic mass is 16.5. The largest absolute Gasteiger partial charge is 0.403 e. The summed E-state index contributed by atoms with van der Waals surface area (Å²) >= 11 is 0. The molecule has 0 bridgehead atoms. The van der Waals surface area contributed by atoms with Crippen molar-refractivity contribution in [2.24, 2.45) is 0 Å². The Bertz CT molecular complexity index is 1180. The molecule has 0 saturated carbocycles. The highest BCUT2D eigenvalue weighted by molar-refractivity contribution is 6.21. The second kappa shape index (κ2) is 6.38. The molecule has 3 heterocycles. The van der Waals surface area contributed by atoms with Gasteiger partial charge in [0.15, 0.2) is 0 Å². The van der Waals surface area contributed by atoms with Gasteiger partial charge in [-0.3, -0.25) is 14.5 Å². The first kappa shape index (κ1) is 16.8. The normalized spacial score (nSPS) is 18.9. The van der Waals surface area contributed by atoms with Crippen LogP contribution in [0.4, 0.5) is 0 Å². The summed E-state index contributed by atoms with van der Waals surface area (Å²) in [4.78, 5) is 43.3. The average molecular weight is 376 g/mol. The van der Waals surface area contributed by atoms with E-state index in [-0.39, 0.29) is 35.9 Å². The molecule has 2 aliphatic rings. The number of benzene rings is 2. The highest BCUT2D eigenvalue weighted by Gasteiger charge is 2.37. The molecule has 1 aromatic heterocycles. The van der Waals surface area contributed by atoms with Crippen molar-refractivity contribution in [1.82, 2.24) is 9.88 Å². The summed E-state index contributed by atoms with van der Waals surface area (Å²) in [5, 5.41) is 0.390. The SMILES string of the molecule is O=C1c2ccc(-c3nc4ccccc4c(=O)o3)cc2C(=O)N1C[C@H]1CCCO1. The van der Waals surface area contributed by atoms with Gasteiger partial charge in [0.2, 0.25) is 5.89 Å². The Balaban J connectivity index is 1.52. The third-order valence-corrected chi connectivity index (χ3v) is 5.16. The van der Waals surface area contributed by atoms with E-state index in [9.17, 15) is 14.4 Å². The predicted molar refractivity (Wildman–Crippen MR) is 100 cm³/mol. The fourth-order valence-electron chi connectivity index (χ4n) is 3.72. The lowest BCUT2D eigenvalue weighted by Crippen LogP contribution is -2.36. The molecule has 140 valence electrons. The number of fused-ring (bicyclic) bond motifs is 2. The zero-order valence-electron chi connectivity index (χ0n) is 14.9. The number of aromatic nitrogens is 1. The summed E-state index contributed by atoms with van der Waals surface area (Å²) in [6.45, 7) is 0.912. The predicted octanol–water partition coefficient (Wildman–Crippen LogP) is 2.63. The Morgan fingerprint density at radius 2 is 1.86 bits per heavy atom. The average Bonchev–Trinajstić information content (AvgIpc) is 3.31. The Morgan fingerprint density at radius 3 is 2.68 bits per heavy atom. The van der Waals surface area contributed by atoms with E-state index in [2.05, 4.69) is 4.98 Å². The van der Waals surface area contributed by atoms with Crippen molar-refractivity contribution in [1.29, 1.82) is 0 Å². The molecule has 2 amide bonds. The molecular formula is C21H16N2O5. The van der Waals surface area contributed by atoms with Crippen LogP contribution < -0.4 is 5.63 Å². The topological polar surface area (TPSA) is 89.7 Å². The molecule has 28 heavy (non-hydrogen) atoms. The number of carbonyl (C=O) groups is 2. The molecule has 1 fully saturated rings. The molecule has 1 saturated heterocycles. The first-order chi connectivity index (χ1) is 13.6. The monoisotopic (exact) mass is 376 g/mol. The van der Waals surface area contributed by atoms with Gasteiger partial charge in [0.05, 0.1) is 34.7 Å². The van der Waals surface area contributed by atoms with Crippen LogP contribution in [0, 0.1) is 0 Å². The zero-order valence-corrected chi connectivity index (χ0v) is 14.9. The summed E-state index contributed by atoms with van der Waals surface area (Å²) < 4.78 is 10.9. The maximum absolute atomic E-state index is 12.8. The fourth-order valence-corrected chi connectivity index (χ4v) is 3.72. The first-order valence-corrected chi connectivity index (χ1v) is 9.14. The number of nitrogens with zero attached hydrogens (tertiary/aromatic N) is 2. The van der Waals surface area contributed by atoms with Crippen LogP contribution >= 0.6 is 0 Å². The Kier molecular flexibility index (Phi) is 3.84. The van der Waals surface area contributed by atoms with Crippen LogP contribution in [-0.4, -0.2) is 41.0 Å². The van der Waals surface area contributed by atoms with Gasteiger partial charge in [-0.05, 0) is 43.2 Å². The van der Waals surface area contributed by atoms with Crippen molar-refractivity contribution >= 4 is 22.7 Å². The van der Waals surface area contributed by atoms with Crippen LogP contribution in [-0.2, 0) is 4.74 Å². The minimum absolute atomic E-state index is 0.109. The molecule has 7 nitrogen and oxygen atoms in total. The van der Waals surface area contributed by atoms with Crippen LogP contribution in [0.25, 0.3) is 22.4 Å². The van der Waals surface area contributed by atoms with E-state index < -0.39 is 5.63 Å². The molecule has 0 spiro atoms. The number of hydrogen-bond acceptors (Lipinski definition) is 6. The Hall–Kier alpha value is -3.32. The maximum atomic E-state index is 12.8. The molecule has 1 atom stereocenters. The molecule has 0 unspecified atom stereocenters. The second-order valence-electron chi connectivity index (χ2n) is 6.94. The minimum atomic E-state index is -0.497. The Morgan fingerprint density at radius 1 is 1.04 bits per heavy atom. The number of para-hydroxylation sites is 1. The Labute approximate surface area is 159 Å². The molecule has 0 radical (unpaired) electrons. The van der Waals surface area contributed by atoms with E-state index in [4.69, 9.17) is 9.15 Å². The van der Waals surface area contributed by atoms with Crippen molar-refractivity contribution in [3.8, 4) is 11.5 Å². The summed E-state index contributed by atoms with van der Waals surface area (Å²) in [7, 11) is 0. The second-order valence-corrected chi connectivity index (χ2v) is 6.94. The van der Waals surface area contributed by atoms with Crippen molar-refractivity contribution in [3.63, 3.8) is 0 Å². The smallest absolute Gasteiger partial charge is 0.347 e. The van der Waals surface area contributed by atoms with E-state index in [1.807, 2.05) is 0 Å². The molecule has 2 aliphatic heterocycles. The van der Waals surface area contributed by atoms with Gasteiger partial charge in [0.25, 0.3) is 11.8 Å². The van der Waals surface area contributed by atoms with Crippen LogP contribution in [0.2, 0.25) is 0 Å². The lowest BCUT2D eigenvalue weighted by molar-refractivity contribution is 0.0475. The van der Waals surface area contributed by atoms with Gasteiger partial charge in [0, 0.05) is 12.2 Å². The van der Waals surface area contributed by atoms with Crippen molar-refractivity contribution in [2.45, 2.75) is 18.9 Å². The maximum Gasteiger partial charge on any atom is 0.347 e. The highest BCUT2D eigenvalue weighted by Crippen LogP contribution is 2.29. The van der Waals surface area contributed by atoms with Crippen molar-refractivity contribution < 1.29 is 18.7 Å². The number of amides is 2. The van der Waals surface area contributed by atoms with Gasteiger partial charge in [-0.25, -0.2) is 9.78 Å². The lowest BCUT2D eigenvalue weighted by atomic mass is 10.1. The summed E-state index contributed by atoms with van der Waals surface area (Å²) in [5.74, 6) is -0.570. The van der Waals surface area contributed by atoms with Crippen molar-refractivity contribution in [3.05, 3.63) is 64.0 Å². The standard InChI is InChI=1S/C21H16N2O5/c24-19-14-8-7-12(18-22-17-6-2-1-5-15(17)21(26)28-18)10-16(14)20(25)23(19)11-13-4-3-9-27-13/h1-2,5-8,10,13H,3-4,9,11H2/t13-/m1/s1. The van der Waals surface area contributed by atoms with Gasteiger partial charge in [-0.2, -0.15) is 0 Å². The number of imide groups is 1. The van der Waals surface area contributed by atoms with E-state index in [1.54, 1.807) is 42.5 Å². The van der Waals surface area contributed by atoms with Crippen LogP contribution in [0.5, 0.6) is 0 Å². The van der Waals surface area contributed by atoms with Crippen LogP contribution in [0.3, 0.4) is 0 Å². The van der Waals surface area contributed by atoms with E-state index >= 15 is 0 Å². The van der Waals surface area contributed by atoms with Gasteiger partial charge in [0.1, 0.15) is 0 Å². The molecular weight excluding hydrogens is 360 g/mol. The molecule has 7 heteroatoms. The number of hydrogen-bond donors (Lipinski definition) is 0. The quantitative estimate of drug-likeness (QED) is 0.653. The minimum Gasteiger partial charge on any atom is -0.403 e. The molecule has 0 N–H and O–H groups in total. The zero-order chi connectivity index (χ0) is 19.3. The third-order valence-electron chi connectivity index (χ3n) is 5.16. The third kappa shape index (κ3) is 2.63. The first-order valence-electron chi connectivity index (χ1n) is 9.14. The summed E-state index contributed by atoms with van der Waals surface area (Å²) in [5.41, 5.74) is 1.12. The summed E-state index contributed by atoms with van der Waals surface area (Å²) in [6.07, 6.45) is 1.66. The molecule has 3 aromatic rings. The van der Waals surface area contributed by atoms with Gasteiger partial charge >= 0.3 is 5.63 Å². The number of rotatable bonds is 3. The van der Waals surface area contributed by atoms with E-state index in [0.717, 1.165) is 12.8 Å². The van der Waals surface area contributed by atoms with E-state index in [1.165, 1.54) is 4.90 Å². The molecule has 5 rings (SSSR count). The fraction of sp³-hybridized carbons (Fsp3) is 0.238. The van der Waals surface area contributed by atoms with Crippen LogP contribution in [0.1, 0.15) is 33.6 Å². The number of carbonyl (C=O) groups excluding carboxylic acids is 2. The van der Waals surface area contributed by atoms with Gasteiger partial charge in [-0.15, -0.1) is 0 Å². The van der Waals surface area contributed by atoms with E-state index in [0.29, 0.717) is 28.6 Å². The van der Waals surface area contributed by atoms with Crippen molar-refractivity contribution in [2.75, 3.05) is 13.2 Å². The van der Waals surface area contributed by atoms with Crippen LogP contribution in [0.15, 0.2) is 51.7 Å². The van der Waals surface area contributed by atoms with Gasteiger partial charge < -0.3 is 9.15 Å².